The van der Waals surface area contributed by atoms with Crippen LogP contribution < -0.4 is 20.5 Å². The van der Waals surface area contributed by atoms with Gasteiger partial charge in [0.15, 0.2) is 17.1 Å². The van der Waals surface area contributed by atoms with E-state index < -0.39 is 5.69 Å². The Labute approximate surface area is 206 Å². The first-order chi connectivity index (χ1) is 16.7. The molecule has 10 heteroatoms. The number of methoxy groups -OCH3 is 2. The molecule has 1 amide bonds. The molecule has 0 fully saturated rings. The lowest BCUT2D eigenvalue weighted by atomic mass is 9.72. The number of carbonyl (C=O) groups excluding carboxylic acids is 1. The van der Waals surface area contributed by atoms with Crippen molar-refractivity contribution in [3.8, 4) is 11.5 Å². The van der Waals surface area contributed by atoms with Crippen molar-refractivity contribution in [3.63, 3.8) is 0 Å². The topological polar surface area (TPSA) is 99.8 Å². The smallest absolute Gasteiger partial charge is 0.365 e. The van der Waals surface area contributed by atoms with Crippen LogP contribution in [0.3, 0.4) is 0 Å². The van der Waals surface area contributed by atoms with Gasteiger partial charge in [-0.25, -0.2) is 19.0 Å². The van der Waals surface area contributed by atoms with Crippen molar-refractivity contribution in [2.45, 2.75) is 46.6 Å². The Bertz CT molecular complexity index is 1490. The van der Waals surface area contributed by atoms with Crippen molar-refractivity contribution < 1.29 is 14.3 Å². The third kappa shape index (κ3) is 4.16. The number of aromatic nitrogens is 4. The molecule has 1 aliphatic rings. The Morgan fingerprint density at radius 3 is 2.71 bits per heavy atom. The molecule has 0 radical (unpaired) electrons. The van der Waals surface area contributed by atoms with Gasteiger partial charge in [0.05, 0.1) is 19.6 Å². The number of amides is 1. The number of nitrogens with zero attached hydrogens (tertiary/aromatic N) is 4. The fourth-order valence-corrected chi connectivity index (χ4v) is 6.09. The van der Waals surface area contributed by atoms with Gasteiger partial charge >= 0.3 is 5.69 Å². The van der Waals surface area contributed by atoms with Gasteiger partial charge < -0.3 is 14.8 Å². The normalized spacial score (nSPS) is 15.9. The Morgan fingerprint density at radius 1 is 1.23 bits per heavy atom. The summed E-state index contributed by atoms with van der Waals surface area (Å²) in [6.07, 6.45) is 4.64. The van der Waals surface area contributed by atoms with Crippen LogP contribution in [-0.2, 0) is 24.2 Å². The highest BCUT2D eigenvalue weighted by Gasteiger charge is 2.32. The molecule has 0 aliphatic heterocycles. The van der Waals surface area contributed by atoms with Crippen molar-refractivity contribution in [1.29, 1.82) is 0 Å². The molecule has 4 aromatic rings. The van der Waals surface area contributed by atoms with Crippen LogP contribution in [0, 0.1) is 11.3 Å². The molecule has 0 bridgehead atoms. The first-order valence-corrected chi connectivity index (χ1v) is 12.4. The van der Waals surface area contributed by atoms with E-state index in [0.29, 0.717) is 28.8 Å². The molecule has 0 saturated heterocycles. The molecule has 0 spiro atoms. The number of fused-ring (bicyclic) bond motifs is 5. The van der Waals surface area contributed by atoms with Crippen LogP contribution in [0.15, 0.2) is 29.3 Å². The van der Waals surface area contributed by atoms with Gasteiger partial charge in [-0.05, 0) is 48.3 Å². The maximum Gasteiger partial charge on any atom is 0.365 e. The van der Waals surface area contributed by atoms with E-state index in [0.717, 1.165) is 29.5 Å². The predicted octanol–water partition coefficient (Wildman–Crippen LogP) is 3.91. The van der Waals surface area contributed by atoms with Gasteiger partial charge in [-0.15, -0.1) is 11.3 Å². The van der Waals surface area contributed by atoms with E-state index in [1.54, 1.807) is 47.5 Å². The van der Waals surface area contributed by atoms with E-state index in [1.807, 2.05) is 0 Å². The van der Waals surface area contributed by atoms with E-state index in [4.69, 9.17) is 9.47 Å². The molecular formula is C25H29N5O4S. The summed E-state index contributed by atoms with van der Waals surface area (Å²) in [7, 11) is 3.08. The highest BCUT2D eigenvalue weighted by Crippen LogP contribution is 2.43. The van der Waals surface area contributed by atoms with Crippen LogP contribution in [0.25, 0.3) is 15.9 Å². The molecule has 0 unspecified atom stereocenters. The zero-order valence-electron chi connectivity index (χ0n) is 20.5. The maximum atomic E-state index is 12.8. The number of hydrogen-bond acceptors (Lipinski definition) is 7. The number of ether oxygens (including phenoxy) is 2. The molecule has 35 heavy (non-hydrogen) atoms. The number of nitrogens with one attached hydrogen (secondary N) is 1. The maximum absolute atomic E-state index is 12.8. The zero-order chi connectivity index (χ0) is 24.9. The van der Waals surface area contributed by atoms with Gasteiger partial charge in [-0.1, -0.05) is 20.8 Å². The molecule has 1 N–H and O–H groups in total. The van der Waals surface area contributed by atoms with Gasteiger partial charge in [0, 0.05) is 16.6 Å². The number of anilines is 1. The van der Waals surface area contributed by atoms with Crippen LogP contribution >= 0.6 is 11.3 Å². The lowest BCUT2D eigenvalue weighted by Crippen LogP contribution is -2.28. The Kier molecular flexibility index (Phi) is 5.79. The molecule has 9 nitrogen and oxygen atoms in total. The summed E-state index contributed by atoms with van der Waals surface area (Å²) in [6, 6.07) is 5.09. The molecule has 5 rings (SSSR count). The van der Waals surface area contributed by atoms with Crippen molar-refractivity contribution in [2.75, 3.05) is 19.5 Å². The highest BCUT2D eigenvalue weighted by atomic mass is 32.1. The fraction of sp³-hybridized carbons (Fsp3) is 0.440. The van der Waals surface area contributed by atoms with E-state index in [2.05, 4.69) is 36.1 Å². The molecule has 1 aromatic carbocycles. The zero-order valence-corrected chi connectivity index (χ0v) is 21.4. The van der Waals surface area contributed by atoms with Crippen LogP contribution in [0.5, 0.6) is 11.5 Å². The lowest BCUT2D eigenvalue weighted by Gasteiger charge is -2.33. The number of rotatable bonds is 5. The largest absolute Gasteiger partial charge is 0.493 e. The van der Waals surface area contributed by atoms with Gasteiger partial charge in [-0.3, -0.25) is 4.79 Å². The van der Waals surface area contributed by atoms with Gasteiger partial charge in [-0.2, -0.15) is 4.98 Å². The molecule has 0 saturated carbocycles. The number of aryl methyl sites for hydroxylation is 1. The molecule has 1 atom stereocenters. The van der Waals surface area contributed by atoms with E-state index >= 15 is 0 Å². The number of thiophene rings is 1. The first-order valence-electron chi connectivity index (χ1n) is 11.6. The first kappa shape index (κ1) is 23.3. The second kappa shape index (κ2) is 8.67. The monoisotopic (exact) mass is 495 g/mol. The third-order valence-corrected chi connectivity index (χ3v) is 8.00. The molecular weight excluding hydrogens is 466 g/mol. The van der Waals surface area contributed by atoms with Gasteiger partial charge in [0.25, 0.3) is 0 Å². The molecule has 3 heterocycles. The molecule has 1 aliphatic carbocycles. The van der Waals surface area contributed by atoms with Gasteiger partial charge in [0.1, 0.15) is 17.7 Å². The average molecular weight is 496 g/mol. The average Bonchev–Trinajstić information content (AvgIpc) is 3.34. The Morgan fingerprint density at radius 2 is 2.00 bits per heavy atom. The second-order valence-electron chi connectivity index (χ2n) is 9.97. The number of hydrogen-bond donors (Lipinski definition) is 1. The summed E-state index contributed by atoms with van der Waals surface area (Å²) < 4.78 is 13.4. The minimum absolute atomic E-state index is 0.194. The summed E-state index contributed by atoms with van der Waals surface area (Å²) >= 11 is 1.69. The SMILES string of the molecule is COc1ccc(NC(=O)Cn2c(=O)nc3c4c5c(sc4ncn32)C[C@H](C(C)(C)C)CC5)cc1OC. The third-order valence-electron chi connectivity index (χ3n) is 6.84. The standard InChI is InChI=1S/C25H29N5O4S/c1-25(2,3)14-6-8-16-19(10-14)35-23-21(16)22-28-24(32)29(30(22)13-26-23)12-20(31)27-15-7-9-17(33-4)18(11-15)34-5/h7,9,11,13-14H,6,8,10,12H2,1-5H3,(H,27,31)/t14-/m1/s1. The fourth-order valence-electron chi connectivity index (χ4n) is 4.83. The van der Waals surface area contributed by atoms with Crippen molar-refractivity contribution in [1.82, 2.24) is 19.2 Å². The highest BCUT2D eigenvalue weighted by molar-refractivity contribution is 7.19. The summed E-state index contributed by atoms with van der Waals surface area (Å²) in [5.41, 5.74) is 2.11. The predicted molar refractivity (Wildman–Crippen MR) is 136 cm³/mol. The van der Waals surface area contributed by atoms with E-state index in [1.165, 1.54) is 22.2 Å². The summed E-state index contributed by atoms with van der Waals surface area (Å²) in [4.78, 5) is 36.8. The second-order valence-corrected chi connectivity index (χ2v) is 11.1. The van der Waals surface area contributed by atoms with Gasteiger partial charge in [0.2, 0.25) is 5.91 Å². The van der Waals surface area contributed by atoms with Crippen molar-refractivity contribution in [3.05, 3.63) is 45.5 Å². The molecule has 184 valence electrons. The Hall–Kier alpha value is -3.40. The quantitative estimate of drug-likeness (QED) is 0.451. The number of benzene rings is 1. The van der Waals surface area contributed by atoms with Crippen LogP contribution in [0.1, 0.15) is 37.6 Å². The lowest BCUT2D eigenvalue weighted by molar-refractivity contribution is -0.117. The van der Waals surface area contributed by atoms with Crippen molar-refractivity contribution in [2.24, 2.45) is 11.3 Å². The summed E-state index contributed by atoms with van der Waals surface area (Å²) in [5.74, 6) is 1.31. The summed E-state index contributed by atoms with van der Waals surface area (Å²) in [6.45, 7) is 6.68. The number of carbonyl (C=O) groups is 1. The van der Waals surface area contributed by atoms with E-state index in [-0.39, 0.29) is 17.9 Å². The van der Waals surface area contributed by atoms with Crippen LogP contribution in [0.4, 0.5) is 5.69 Å². The minimum Gasteiger partial charge on any atom is -0.493 e. The van der Waals surface area contributed by atoms with Crippen LogP contribution in [-0.4, -0.2) is 39.3 Å². The van der Waals surface area contributed by atoms with E-state index in [9.17, 15) is 9.59 Å². The van der Waals surface area contributed by atoms with Crippen LogP contribution in [0.2, 0.25) is 0 Å². The summed E-state index contributed by atoms with van der Waals surface area (Å²) in [5, 5.41) is 3.75. The van der Waals surface area contributed by atoms with Crippen molar-refractivity contribution >= 4 is 38.8 Å². The minimum atomic E-state index is -0.481. The molecule has 3 aromatic heterocycles. The Balaban J connectivity index is 1.46.